The topological polar surface area (TPSA) is 123 Å². The minimum Gasteiger partial charge on any atom is -0.399 e. The van der Waals surface area contributed by atoms with Crippen LogP contribution < -0.4 is 11.1 Å². The summed E-state index contributed by atoms with van der Waals surface area (Å²) in [7, 11) is 0. The quantitative estimate of drug-likeness (QED) is 0.406. The predicted octanol–water partition coefficient (Wildman–Crippen LogP) is 3.14. The van der Waals surface area contributed by atoms with Crippen molar-refractivity contribution in [3.05, 3.63) is 67.7 Å². The van der Waals surface area contributed by atoms with Crippen molar-refractivity contribution in [2.24, 2.45) is 4.99 Å². The first-order chi connectivity index (χ1) is 13.8. The van der Waals surface area contributed by atoms with Gasteiger partial charge in [-0.15, -0.1) is 10.1 Å². The molecular formula is C18H17Cl2N5O4. The third-order valence-electron chi connectivity index (χ3n) is 4.13. The Morgan fingerprint density at radius 2 is 1.97 bits per heavy atom. The third-order valence-corrected chi connectivity index (χ3v) is 4.72. The SMILES string of the molecule is Nc1cc(Cl)c(NC2=NCCN2C(=O)Cc2cccc(CO[N+](=O)[O-])c2)c(Cl)c1. The summed E-state index contributed by atoms with van der Waals surface area (Å²) in [5.74, 6) is 0.153. The van der Waals surface area contributed by atoms with E-state index in [0.717, 1.165) is 0 Å². The van der Waals surface area contributed by atoms with Crippen LogP contribution in [0.2, 0.25) is 10.0 Å². The van der Waals surface area contributed by atoms with Gasteiger partial charge in [-0.3, -0.25) is 14.7 Å². The maximum Gasteiger partial charge on any atom is 0.294 e. The highest BCUT2D eigenvalue weighted by atomic mass is 35.5. The number of carbonyl (C=O) groups excluding carboxylic acids is 1. The summed E-state index contributed by atoms with van der Waals surface area (Å²) in [6.45, 7) is 0.672. The summed E-state index contributed by atoms with van der Waals surface area (Å²) in [6, 6.07) is 9.96. The van der Waals surface area contributed by atoms with Crippen molar-refractivity contribution in [3.8, 4) is 0 Å². The first-order valence-electron chi connectivity index (χ1n) is 8.55. The van der Waals surface area contributed by atoms with E-state index in [2.05, 4.69) is 15.1 Å². The van der Waals surface area contributed by atoms with Crippen molar-refractivity contribution < 1.29 is 14.7 Å². The molecule has 0 saturated carbocycles. The Morgan fingerprint density at radius 3 is 2.66 bits per heavy atom. The first-order valence-corrected chi connectivity index (χ1v) is 9.30. The van der Waals surface area contributed by atoms with Crippen LogP contribution in [0.15, 0.2) is 41.4 Å². The second kappa shape index (κ2) is 8.97. The molecule has 29 heavy (non-hydrogen) atoms. The summed E-state index contributed by atoms with van der Waals surface area (Å²) < 4.78 is 0. The van der Waals surface area contributed by atoms with Gasteiger partial charge in [0.15, 0.2) is 0 Å². The molecule has 1 aliphatic heterocycles. The van der Waals surface area contributed by atoms with Crippen LogP contribution in [0.25, 0.3) is 0 Å². The van der Waals surface area contributed by atoms with Gasteiger partial charge < -0.3 is 15.9 Å². The van der Waals surface area contributed by atoms with Gasteiger partial charge in [-0.2, -0.15) is 0 Å². The molecule has 11 heteroatoms. The number of carbonyl (C=O) groups is 1. The zero-order valence-electron chi connectivity index (χ0n) is 15.1. The Kier molecular flexibility index (Phi) is 6.40. The second-order valence-electron chi connectivity index (χ2n) is 6.23. The molecule has 1 heterocycles. The molecule has 0 aromatic heterocycles. The van der Waals surface area contributed by atoms with E-state index in [1.165, 1.54) is 4.90 Å². The maximum absolute atomic E-state index is 12.8. The molecule has 0 bridgehead atoms. The van der Waals surface area contributed by atoms with Crippen molar-refractivity contribution in [2.45, 2.75) is 13.0 Å². The van der Waals surface area contributed by atoms with Gasteiger partial charge in [-0.25, -0.2) is 0 Å². The lowest BCUT2D eigenvalue weighted by Crippen LogP contribution is -2.39. The van der Waals surface area contributed by atoms with Gasteiger partial charge in [0.1, 0.15) is 6.61 Å². The molecule has 3 rings (SSSR count). The highest BCUT2D eigenvalue weighted by Crippen LogP contribution is 2.33. The number of amides is 1. The van der Waals surface area contributed by atoms with Crippen molar-refractivity contribution >= 4 is 46.4 Å². The Bertz CT molecular complexity index is 959. The van der Waals surface area contributed by atoms with Crippen molar-refractivity contribution in [1.29, 1.82) is 0 Å². The standard InChI is InChI=1S/C18H17Cl2N5O4/c19-14-8-13(21)9-15(20)17(14)23-18-22-4-5-24(18)16(26)7-11-2-1-3-12(6-11)10-29-25(27)28/h1-3,6,8-9H,4-5,7,10,21H2,(H,22,23). The van der Waals surface area contributed by atoms with Crippen LogP contribution in [0, 0.1) is 10.1 Å². The molecule has 0 saturated heterocycles. The van der Waals surface area contributed by atoms with Crippen molar-refractivity contribution in [2.75, 3.05) is 24.1 Å². The number of benzene rings is 2. The average Bonchev–Trinajstić information content (AvgIpc) is 3.12. The van der Waals surface area contributed by atoms with Crippen LogP contribution in [-0.2, 0) is 22.7 Å². The van der Waals surface area contributed by atoms with Crippen LogP contribution in [0.4, 0.5) is 11.4 Å². The number of nitrogen functional groups attached to an aromatic ring is 1. The number of rotatable bonds is 6. The van der Waals surface area contributed by atoms with Crippen LogP contribution in [0.1, 0.15) is 11.1 Å². The lowest BCUT2D eigenvalue weighted by atomic mass is 10.1. The van der Waals surface area contributed by atoms with Gasteiger partial charge in [0.05, 0.1) is 28.7 Å². The molecule has 3 N–H and O–H groups in total. The normalized spacial score (nSPS) is 13.2. The van der Waals surface area contributed by atoms with Crippen molar-refractivity contribution in [3.63, 3.8) is 0 Å². The Balaban J connectivity index is 1.69. The summed E-state index contributed by atoms with van der Waals surface area (Å²) in [5, 5.41) is 13.1. The monoisotopic (exact) mass is 437 g/mol. The molecule has 1 aliphatic rings. The molecular weight excluding hydrogens is 421 g/mol. The lowest BCUT2D eigenvalue weighted by molar-refractivity contribution is -0.763. The lowest BCUT2D eigenvalue weighted by Gasteiger charge is -2.20. The fourth-order valence-electron chi connectivity index (χ4n) is 2.85. The zero-order chi connectivity index (χ0) is 21.0. The molecule has 0 fully saturated rings. The smallest absolute Gasteiger partial charge is 0.294 e. The molecule has 2 aromatic carbocycles. The van der Waals surface area contributed by atoms with Gasteiger partial charge in [0, 0.05) is 12.2 Å². The van der Waals surface area contributed by atoms with E-state index in [4.69, 9.17) is 28.9 Å². The summed E-state index contributed by atoms with van der Waals surface area (Å²) in [4.78, 5) is 33.3. The number of guanidine groups is 1. The van der Waals surface area contributed by atoms with Gasteiger partial charge in [0.25, 0.3) is 5.09 Å². The zero-order valence-corrected chi connectivity index (χ0v) is 16.6. The number of nitrogens with one attached hydrogen (secondary N) is 1. The minimum absolute atomic E-state index is 0.0935. The molecule has 1 amide bonds. The highest BCUT2D eigenvalue weighted by molar-refractivity contribution is 6.40. The number of nitrogens with zero attached hydrogens (tertiary/aromatic N) is 3. The van der Waals surface area contributed by atoms with E-state index < -0.39 is 5.09 Å². The van der Waals surface area contributed by atoms with Gasteiger partial charge in [-0.05, 0) is 23.3 Å². The number of halogens is 2. The Morgan fingerprint density at radius 1 is 1.28 bits per heavy atom. The van der Waals surface area contributed by atoms with E-state index in [1.807, 2.05) is 0 Å². The Hall–Kier alpha value is -3.04. The van der Waals surface area contributed by atoms with Gasteiger partial charge >= 0.3 is 0 Å². The maximum atomic E-state index is 12.8. The van der Waals surface area contributed by atoms with Crippen molar-refractivity contribution in [1.82, 2.24) is 4.90 Å². The highest BCUT2D eigenvalue weighted by Gasteiger charge is 2.25. The third kappa shape index (κ3) is 5.27. The molecule has 0 atom stereocenters. The average molecular weight is 438 g/mol. The molecule has 9 nitrogen and oxygen atoms in total. The molecule has 0 unspecified atom stereocenters. The number of nitrogens with two attached hydrogens (primary N) is 1. The fraction of sp³-hybridized carbons (Fsp3) is 0.222. The summed E-state index contributed by atoms with van der Waals surface area (Å²) in [6.07, 6.45) is 0.0935. The number of hydrogen-bond donors (Lipinski definition) is 2. The summed E-state index contributed by atoms with van der Waals surface area (Å²) >= 11 is 12.4. The second-order valence-corrected chi connectivity index (χ2v) is 7.04. The predicted molar refractivity (Wildman–Crippen MR) is 110 cm³/mol. The summed E-state index contributed by atoms with van der Waals surface area (Å²) in [5.41, 5.74) is 7.85. The first kappa shape index (κ1) is 20.7. The van der Waals surface area contributed by atoms with E-state index >= 15 is 0 Å². The Labute approximate surface area is 176 Å². The molecule has 2 aromatic rings. The van der Waals surface area contributed by atoms with E-state index in [0.29, 0.717) is 51.6 Å². The van der Waals surface area contributed by atoms with E-state index in [-0.39, 0.29) is 18.9 Å². The number of aliphatic imine (C=N–C) groups is 1. The number of anilines is 2. The van der Waals surface area contributed by atoms with E-state index in [9.17, 15) is 14.9 Å². The van der Waals surface area contributed by atoms with Crippen LogP contribution >= 0.6 is 23.2 Å². The van der Waals surface area contributed by atoms with Crippen LogP contribution in [0.5, 0.6) is 0 Å². The van der Waals surface area contributed by atoms with E-state index in [1.54, 1.807) is 36.4 Å². The molecule has 0 aliphatic carbocycles. The molecule has 152 valence electrons. The number of hydrogen-bond acceptors (Lipinski definition) is 7. The largest absolute Gasteiger partial charge is 0.399 e. The molecule has 0 spiro atoms. The van der Waals surface area contributed by atoms with Crippen LogP contribution in [-0.4, -0.2) is 34.9 Å². The molecule has 0 radical (unpaired) electrons. The van der Waals surface area contributed by atoms with Crippen LogP contribution in [0.3, 0.4) is 0 Å². The fourth-order valence-corrected chi connectivity index (χ4v) is 3.45. The van der Waals surface area contributed by atoms with Gasteiger partial charge in [-0.1, -0.05) is 47.5 Å². The minimum atomic E-state index is -0.857. The van der Waals surface area contributed by atoms with Gasteiger partial charge in [0.2, 0.25) is 11.9 Å².